The van der Waals surface area contributed by atoms with E-state index in [-0.39, 0.29) is 17.5 Å². The highest BCUT2D eigenvalue weighted by Crippen LogP contribution is 2.30. The monoisotopic (exact) mass is 322 g/mol. The maximum Gasteiger partial charge on any atom is 0.248 e. The first kappa shape index (κ1) is 15.7. The first-order chi connectivity index (χ1) is 11.5. The Labute approximate surface area is 139 Å². The Morgan fingerprint density at radius 3 is 2.50 bits per heavy atom. The quantitative estimate of drug-likeness (QED) is 0.498. The molecular weight excluding hydrogens is 304 g/mol. The Balaban J connectivity index is 1.88. The summed E-state index contributed by atoms with van der Waals surface area (Å²) >= 11 is 0. The molecule has 0 atom stereocenters. The molecule has 0 heterocycles. The molecule has 0 unspecified atom stereocenters. The van der Waals surface area contributed by atoms with Crippen LogP contribution in [-0.2, 0) is 4.79 Å². The van der Waals surface area contributed by atoms with Gasteiger partial charge >= 0.3 is 0 Å². The fourth-order valence-electron chi connectivity index (χ4n) is 2.42. The highest BCUT2D eigenvalue weighted by molar-refractivity contribution is 6.15. The van der Waals surface area contributed by atoms with Crippen LogP contribution < -0.4 is 16.8 Å². The third-order valence-corrected chi connectivity index (χ3v) is 3.97. The second-order valence-corrected chi connectivity index (χ2v) is 5.89. The summed E-state index contributed by atoms with van der Waals surface area (Å²) in [5.74, 6) is -0.459. The van der Waals surface area contributed by atoms with Crippen LogP contribution in [0, 0.1) is 11.3 Å². The number of primary amides is 1. The van der Waals surface area contributed by atoms with E-state index in [9.17, 15) is 9.59 Å². The highest BCUT2D eigenvalue weighted by Gasteiger charge is 2.29. The summed E-state index contributed by atoms with van der Waals surface area (Å²) in [6, 6.07) is 11.6. The fraction of sp³-hybridized carbons (Fsp3) is 0.167. The molecule has 0 saturated heterocycles. The minimum atomic E-state index is -0.575. The normalized spacial score (nSPS) is 13.3. The van der Waals surface area contributed by atoms with E-state index >= 15 is 0 Å². The van der Waals surface area contributed by atoms with Gasteiger partial charge in [0, 0.05) is 34.0 Å². The Kier molecular flexibility index (Phi) is 4.04. The summed E-state index contributed by atoms with van der Waals surface area (Å²) in [5, 5.41) is 11.2. The largest absolute Gasteiger partial charge is 0.398 e. The van der Waals surface area contributed by atoms with Crippen LogP contribution in [0.4, 0.5) is 11.4 Å². The molecule has 0 radical (unpaired) electrons. The number of anilines is 2. The van der Waals surface area contributed by atoms with Gasteiger partial charge in [0.1, 0.15) is 0 Å². The lowest BCUT2D eigenvalue weighted by Crippen LogP contribution is -2.15. The van der Waals surface area contributed by atoms with Crippen molar-refractivity contribution in [1.82, 2.24) is 0 Å². The van der Waals surface area contributed by atoms with E-state index in [4.69, 9.17) is 16.9 Å². The first-order valence-corrected chi connectivity index (χ1v) is 7.65. The number of carbonyl (C=O) groups is 2. The summed E-state index contributed by atoms with van der Waals surface area (Å²) in [5.41, 5.74) is 13.7. The van der Waals surface area contributed by atoms with Gasteiger partial charge < -0.3 is 16.8 Å². The predicted molar refractivity (Wildman–Crippen MR) is 93.1 cm³/mol. The average molecular weight is 322 g/mol. The molecule has 2 aromatic carbocycles. The van der Waals surface area contributed by atoms with Gasteiger partial charge in [-0.15, -0.1) is 0 Å². The Bertz CT molecular complexity index is 841. The fourth-order valence-corrected chi connectivity index (χ4v) is 2.42. The van der Waals surface area contributed by atoms with E-state index in [1.54, 1.807) is 30.3 Å². The maximum atomic E-state index is 11.9. The number of benzene rings is 2. The topological polar surface area (TPSA) is 122 Å². The number of hydrogen-bond acceptors (Lipinski definition) is 4. The smallest absolute Gasteiger partial charge is 0.248 e. The molecule has 6 N–H and O–H groups in total. The zero-order valence-corrected chi connectivity index (χ0v) is 13.0. The minimum Gasteiger partial charge on any atom is -0.398 e. The summed E-state index contributed by atoms with van der Waals surface area (Å²) in [6.07, 6.45) is 1.86. The van der Waals surface area contributed by atoms with Crippen molar-refractivity contribution in [2.75, 3.05) is 11.1 Å². The van der Waals surface area contributed by atoms with Gasteiger partial charge in [-0.05, 0) is 43.2 Å². The van der Waals surface area contributed by atoms with E-state index in [1.807, 2.05) is 0 Å². The molecule has 0 aromatic heterocycles. The average Bonchev–Trinajstić information content (AvgIpc) is 3.39. The molecular formula is C18H18N4O2. The van der Waals surface area contributed by atoms with Gasteiger partial charge in [-0.3, -0.25) is 15.0 Å². The zero-order valence-electron chi connectivity index (χ0n) is 13.0. The minimum absolute atomic E-state index is 0.00826. The Morgan fingerprint density at radius 1 is 1.08 bits per heavy atom. The third kappa shape index (κ3) is 3.27. The molecule has 6 nitrogen and oxygen atoms in total. The lowest BCUT2D eigenvalue weighted by Gasteiger charge is -2.11. The molecule has 24 heavy (non-hydrogen) atoms. The van der Waals surface area contributed by atoms with Crippen molar-refractivity contribution in [3.63, 3.8) is 0 Å². The van der Waals surface area contributed by atoms with E-state index in [0.717, 1.165) is 12.8 Å². The van der Waals surface area contributed by atoms with Gasteiger partial charge in [-0.25, -0.2) is 0 Å². The molecule has 1 fully saturated rings. The van der Waals surface area contributed by atoms with Gasteiger partial charge in [0.25, 0.3) is 0 Å². The van der Waals surface area contributed by atoms with Crippen molar-refractivity contribution < 1.29 is 9.59 Å². The second kappa shape index (κ2) is 6.16. The number of nitrogen functional groups attached to an aromatic ring is 1. The van der Waals surface area contributed by atoms with Gasteiger partial charge in [0.15, 0.2) is 0 Å². The Morgan fingerprint density at radius 2 is 1.83 bits per heavy atom. The van der Waals surface area contributed by atoms with Crippen molar-refractivity contribution in [2.45, 2.75) is 12.8 Å². The molecule has 3 rings (SSSR count). The van der Waals surface area contributed by atoms with Gasteiger partial charge in [-0.2, -0.15) is 0 Å². The van der Waals surface area contributed by atoms with Crippen molar-refractivity contribution >= 4 is 28.9 Å². The molecule has 0 aliphatic heterocycles. The molecule has 1 aliphatic rings. The Hall–Kier alpha value is -3.15. The third-order valence-electron chi connectivity index (χ3n) is 3.97. The van der Waals surface area contributed by atoms with Crippen molar-refractivity contribution in [2.24, 2.45) is 11.7 Å². The molecule has 0 spiro atoms. The van der Waals surface area contributed by atoms with Crippen LogP contribution in [0.1, 0.15) is 34.3 Å². The second-order valence-electron chi connectivity index (χ2n) is 5.89. The van der Waals surface area contributed by atoms with Gasteiger partial charge in [-0.1, -0.05) is 12.1 Å². The number of carbonyl (C=O) groups excluding carboxylic acids is 2. The zero-order chi connectivity index (χ0) is 17.3. The van der Waals surface area contributed by atoms with E-state index in [2.05, 4.69) is 5.32 Å². The van der Waals surface area contributed by atoms with E-state index in [0.29, 0.717) is 28.1 Å². The highest BCUT2D eigenvalue weighted by atomic mass is 16.2. The molecule has 2 aromatic rings. The molecule has 2 amide bonds. The number of hydrogen-bond donors (Lipinski definition) is 4. The van der Waals surface area contributed by atoms with Crippen LogP contribution >= 0.6 is 0 Å². The lowest BCUT2D eigenvalue weighted by atomic mass is 9.98. The van der Waals surface area contributed by atoms with Crippen molar-refractivity contribution in [3.05, 3.63) is 59.2 Å². The summed E-state index contributed by atoms with van der Waals surface area (Å²) in [6.45, 7) is 0. The van der Waals surface area contributed by atoms with Crippen LogP contribution in [0.2, 0.25) is 0 Å². The summed E-state index contributed by atoms with van der Waals surface area (Å²) in [4.78, 5) is 23.2. The van der Waals surface area contributed by atoms with E-state index < -0.39 is 5.91 Å². The van der Waals surface area contributed by atoms with Gasteiger partial charge in [0.05, 0.1) is 5.71 Å². The van der Waals surface area contributed by atoms with Crippen molar-refractivity contribution in [1.29, 1.82) is 5.41 Å². The summed E-state index contributed by atoms with van der Waals surface area (Å²) in [7, 11) is 0. The molecule has 6 heteroatoms. The van der Waals surface area contributed by atoms with Crippen LogP contribution in [0.5, 0.6) is 0 Å². The first-order valence-electron chi connectivity index (χ1n) is 7.65. The van der Waals surface area contributed by atoms with Crippen LogP contribution in [0.15, 0.2) is 42.5 Å². The van der Waals surface area contributed by atoms with Crippen molar-refractivity contribution in [3.8, 4) is 0 Å². The van der Waals surface area contributed by atoms with Gasteiger partial charge in [0.2, 0.25) is 11.8 Å². The molecule has 1 saturated carbocycles. The van der Waals surface area contributed by atoms with Crippen LogP contribution in [0.3, 0.4) is 0 Å². The molecule has 0 bridgehead atoms. The standard InChI is InChI=1S/C18H18N4O2/c19-15-7-6-12(17(21)23)9-14(15)16(20)11-2-1-3-13(8-11)22-18(24)10-4-5-10/h1-3,6-10,20H,4-5,19H2,(H2,21,23)(H,22,24). The van der Waals surface area contributed by atoms with Crippen LogP contribution in [-0.4, -0.2) is 17.5 Å². The molecule has 122 valence electrons. The predicted octanol–water partition coefficient (Wildman–Crippen LogP) is 2.13. The maximum absolute atomic E-state index is 11.9. The number of amides is 2. The molecule has 1 aliphatic carbocycles. The lowest BCUT2D eigenvalue weighted by molar-refractivity contribution is -0.117. The van der Waals surface area contributed by atoms with E-state index in [1.165, 1.54) is 12.1 Å². The number of nitrogens with one attached hydrogen (secondary N) is 2. The SMILES string of the molecule is N=C(c1cccc(NC(=O)C2CC2)c1)c1cc(C(N)=O)ccc1N. The van der Waals surface area contributed by atoms with Crippen LogP contribution in [0.25, 0.3) is 0 Å². The number of nitrogens with two attached hydrogens (primary N) is 2. The summed E-state index contributed by atoms with van der Waals surface area (Å²) < 4.78 is 0. The number of rotatable bonds is 5.